The van der Waals surface area contributed by atoms with Crippen molar-refractivity contribution >= 4 is 17.8 Å². The molecule has 3 aliphatic rings. The maximum Gasteiger partial charge on any atom is 0.325 e. The molecule has 1 spiro atoms. The molecule has 2 aliphatic carbocycles. The smallest absolute Gasteiger partial charge is 0.325 e. The van der Waals surface area contributed by atoms with Crippen molar-refractivity contribution < 1.29 is 14.4 Å². The first-order chi connectivity index (χ1) is 12.5. The first-order valence-electron chi connectivity index (χ1n) is 10.4. The molecule has 6 heteroatoms. The van der Waals surface area contributed by atoms with Gasteiger partial charge < -0.3 is 10.2 Å². The number of amides is 4. The Hall–Kier alpha value is -1.59. The van der Waals surface area contributed by atoms with Crippen molar-refractivity contribution in [2.24, 2.45) is 5.92 Å². The van der Waals surface area contributed by atoms with E-state index in [-0.39, 0.29) is 24.4 Å². The lowest BCUT2D eigenvalue weighted by Gasteiger charge is -2.35. The molecule has 3 rings (SSSR count). The molecule has 3 fully saturated rings. The van der Waals surface area contributed by atoms with Gasteiger partial charge in [-0.05, 0) is 51.4 Å². The Bertz CT molecular complexity index is 549. The molecule has 146 valence electrons. The van der Waals surface area contributed by atoms with Gasteiger partial charge in [0.05, 0.1) is 0 Å². The molecule has 0 aromatic rings. The highest BCUT2D eigenvalue weighted by Gasteiger charge is 2.52. The monoisotopic (exact) mass is 363 g/mol. The summed E-state index contributed by atoms with van der Waals surface area (Å²) >= 11 is 0. The first kappa shape index (κ1) is 19.2. The Balaban J connectivity index is 1.64. The quantitative estimate of drug-likeness (QED) is 0.763. The molecule has 1 N–H and O–H groups in total. The highest BCUT2D eigenvalue weighted by molar-refractivity contribution is 6.09. The fourth-order valence-corrected chi connectivity index (χ4v) is 4.99. The number of hydrogen-bond donors (Lipinski definition) is 1. The summed E-state index contributed by atoms with van der Waals surface area (Å²) in [7, 11) is 0. The third-order valence-corrected chi connectivity index (χ3v) is 6.75. The lowest BCUT2D eigenvalue weighted by atomic mass is 9.75. The molecule has 0 aromatic carbocycles. The van der Waals surface area contributed by atoms with E-state index >= 15 is 0 Å². The van der Waals surface area contributed by atoms with Gasteiger partial charge in [-0.3, -0.25) is 14.5 Å². The lowest BCUT2D eigenvalue weighted by molar-refractivity contribution is -0.141. The second-order valence-corrected chi connectivity index (χ2v) is 8.23. The number of carbonyl (C=O) groups excluding carboxylic acids is 3. The Morgan fingerprint density at radius 3 is 2.35 bits per heavy atom. The van der Waals surface area contributed by atoms with Crippen LogP contribution in [0.25, 0.3) is 0 Å². The maximum absolute atomic E-state index is 13.0. The minimum absolute atomic E-state index is 0.0952. The normalized spacial score (nSPS) is 29.9. The van der Waals surface area contributed by atoms with Crippen LogP contribution in [0.2, 0.25) is 0 Å². The Morgan fingerprint density at radius 1 is 1.12 bits per heavy atom. The van der Waals surface area contributed by atoms with Crippen molar-refractivity contribution in [3.05, 3.63) is 0 Å². The van der Waals surface area contributed by atoms with Crippen LogP contribution >= 0.6 is 0 Å². The average molecular weight is 364 g/mol. The molecule has 0 unspecified atom stereocenters. The molecule has 2 saturated carbocycles. The molecule has 26 heavy (non-hydrogen) atoms. The third kappa shape index (κ3) is 3.60. The van der Waals surface area contributed by atoms with Gasteiger partial charge in [0.25, 0.3) is 5.91 Å². The van der Waals surface area contributed by atoms with Gasteiger partial charge in [0, 0.05) is 12.6 Å². The van der Waals surface area contributed by atoms with Gasteiger partial charge in [-0.1, -0.05) is 32.6 Å². The maximum atomic E-state index is 13.0. The van der Waals surface area contributed by atoms with E-state index in [0.717, 1.165) is 44.9 Å². The van der Waals surface area contributed by atoms with Gasteiger partial charge in [-0.25, -0.2) is 4.79 Å². The zero-order valence-electron chi connectivity index (χ0n) is 16.3. The molecule has 1 aliphatic heterocycles. The van der Waals surface area contributed by atoms with Gasteiger partial charge in [0.15, 0.2) is 0 Å². The van der Waals surface area contributed by atoms with Crippen LogP contribution in [0.4, 0.5) is 4.79 Å². The number of nitrogens with zero attached hydrogens (tertiary/aromatic N) is 2. The Morgan fingerprint density at radius 2 is 1.77 bits per heavy atom. The van der Waals surface area contributed by atoms with Gasteiger partial charge in [-0.2, -0.15) is 0 Å². The van der Waals surface area contributed by atoms with Crippen LogP contribution in [-0.2, 0) is 9.59 Å². The topological polar surface area (TPSA) is 69.7 Å². The summed E-state index contributed by atoms with van der Waals surface area (Å²) in [6.07, 6.45) is 10.0. The summed E-state index contributed by atoms with van der Waals surface area (Å²) in [6.45, 7) is 4.67. The van der Waals surface area contributed by atoms with Crippen LogP contribution in [0, 0.1) is 5.92 Å². The minimum Gasteiger partial charge on any atom is -0.338 e. The molecule has 1 heterocycles. The van der Waals surface area contributed by atoms with E-state index in [9.17, 15) is 14.4 Å². The summed E-state index contributed by atoms with van der Waals surface area (Å²) in [6, 6.07) is -0.131. The zero-order chi connectivity index (χ0) is 18.7. The second kappa shape index (κ2) is 7.97. The van der Waals surface area contributed by atoms with Gasteiger partial charge in [-0.15, -0.1) is 0 Å². The fraction of sp³-hybridized carbons (Fsp3) is 0.850. The molecular weight excluding hydrogens is 330 g/mol. The predicted molar refractivity (Wildman–Crippen MR) is 99.5 cm³/mol. The second-order valence-electron chi connectivity index (χ2n) is 8.23. The average Bonchev–Trinajstić information content (AvgIpc) is 2.88. The van der Waals surface area contributed by atoms with Crippen LogP contribution in [-0.4, -0.2) is 52.3 Å². The SMILES string of the molecule is CCC1CCC2(CC1)NC(=O)N(CC(=O)N(CC)C1CCCCC1)C2=O. The highest BCUT2D eigenvalue weighted by atomic mass is 16.2. The summed E-state index contributed by atoms with van der Waals surface area (Å²) < 4.78 is 0. The Labute approximate surface area is 156 Å². The molecule has 0 radical (unpaired) electrons. The van der Waals surface area contributed by atoms with E-state index in [1.165, 1.54) is 11.3 Å². The zero-order valence-corrected chi connectivity index (χ0v) is 16.3. The van der Waals surface area contributed by atoms with E-state index in [4.69, 9.17) is 0 Å². The van der Waals surface area contributed by atoms with E-state index < -0.39 is 11.6 Å². The van der Waals surface area contributed by atoms with Gasteiger partial charge in [0.1, 0.15) is 12.1 Å². The number of hydrogen-bond acceptors (Lipinski definition) is 3. The molecule has 0 aromatic heterocycles. The molecule has 0 atom stereocenters. The predicted octanol–water partition coefficient (Wildman–Crippen LogP) is 3.06. The van der Waals surface area contributed by atoms with Crippen LogP contribution in [0.3, 0.4) is 0 Å². The largest absolute Gasteiger partial charge is 0.338 e. The summed E-state index contributed by atoms with van der Waals surface area (Å²) in [4.78, 5) is 41.3. The van der Waals surface area contributed by atoms with E-state index in [1.807, 2.05) is 11.8 Å². The van der Waals surface area contributed by atoms with Crippen molar-refractivity contribution in [2.45, 2.75) is 89.6 Å². The molecule has 6 nitrogen and oxygen atoms in total. The van der Waals surface area contributed by atoms with Crippen molar-refractivity contribution in [1.82, 2.24) is 15.1 Å². The van der Waals surface area contributed by atoms with Crippen LogP contribution in [0.5, 0.6) is 0 Å². The number of imide groups is 1. The molecule has 4 amide bonds. The first-order valence-corrected chi connectivity index (χ1v) is 10.4. The number of rotatable bonds is 5. The van der Waals surface area contributed by atoms with E-state index in [0.29, 0.717) is 25.3 Å². The van der Waals surface area contributed by atoms with Crippen molar-refractivity contribution in [1.29, 1.82) is 0 Å². The number of urea groups is 1. The number of carbonyl (C=O) groups is 3. The van der Waals surface area contributed by atoms with Crippen molar-refractivity contribution in [3.8, 4) is 0 Å². The van der Waals surface area contributed by atoms with Crippen molar-refractivity contribution in [3.63, 3.8) is 0 Å². The number of nitrogens with one attached hydrogen (secondary N) is 1. The minimum atomic E-state index is -0.759. The molecular formula is C20H33N3O3. The lowest BCUT2D eigenvalue weighted by Crippen LogP contribution is -2.51. The number of likely N-dealkylation sites (N-methyl/N-ethyl adjacent to an activating group) is 1. The van der Waals surface area contributed by atoms with Crippen LogP contribution in [0.15, 0.2) is 0 Å². The third-order valence-electron chi connectivity index (χ3n) is 6.75. The van der Waals surface area contributed by atoms with Crippen molar-refractivity contribution in [2.75, 3.05) is 13.1 Å². The summed E-state index contributed by atoms with van der Waals surface area (Å²) in [5, 5.41) is 2.92. The Kier molecular flexibility index (Phi) is 5.88. The fourth-order valence-electron chi connectivity index (χ4n) is 4.99. The standard InChI is InChI=1S/C20H33N3O3/c1-3-15-10-12-20(13-11-15)18(25)23(19(26)21-20)14-17(24)22(4-2)16-8-6-5-7-9-16/h15-16H,3-14H2,1-2H3,(H,21,26). The van der Waals surface area contributed by atoms with E-state index in [2.05, 4.69) is 12.2 Å². The molecule has 1 saturated heterocycles. The van der Waals surface area contributed by atoms with Gasteiger partial charge in [0.2, 0.25) is 5.91 Å². The van der Waals surface area contributed by atoms with Crippen LogP contribution in [0.1, 0.15) is 78.1 Å². The van der Waals surface area contributed by atoms with Gasteiger partial charge >= 0.3 is 6.03 Å². The summed E-state index contributed by atoms with van der Waals surface area (Å²) in [5.41, 5.74) is -0.759. The van der Waals surface area contributed by atoms with E-state index in [1.54, 1.807) is 0 Å². The summed E-state index contributed by atoms with van der Waals surface area (Å²) in [5.74, 6) is 0.357. The highest BCUT2D eigenvalue weighted by Crippen LogP contribution is 2.37. The molecule has 0 bridgehead atoms. The van der Waals surface area contributed by atoms with Crippen LogP contribution < -0.4 is 5.32 Å².